The number of carboxylic acids is 2. The highest BCUT2D eigenvalue weighted by molar-refractivity contribution is 9.09. The van der Waals surface area contributed by atoms with Gasteiger partial charge in [-0.15, -0.1) is 0 Å². The molecule has 0 aliphatic carbocycles. The third kappa shape index (κ3) is 9.12. The van der Waals surface area contributed by atoms with Gasteiger partial charge in [0.15, 0.2) is 0 Å². The van der Waals surface area contributed by atoms with Crippen LogP contribution in [0.5, 0.6) is 0 Å². The summed E-state index contributed by atoms with van der Waals surface area (Å²) in [4.78, 5) is 22.7. The fraction of sp³-hybridized carbons (Fsp3) is 0.875. The Kier molecular flexibility index (Phi) is 11.7. The molecule has 1 unspecified atom stereocenters. The van der Waals surface area contributed by atoms with E-state index in [0.717, 1.165) is 56.7 Å². The summed E-state index contributed by atoms with van der Waals surface area (Å²) in [6.45, 7) is 2.10. The molecule has 0 saturated carbocycles. The summed E-state index contributed by atoms with van der Waals surface area (Å²) in [6.07, 6.45) is 8.54. The minimum Gasteiger partial charge on any atom is -0.481 e. The molecule has 0 aromatic rings. The number of alkyl halides is 1. The van der Waals surface area contributed by atoms with Gasteiger partial charge in [-0.1, -0.05) is 67.8 Å². The zero-order chi connectivity index (χ0) is 16.1. The zero-order valence-electron chi connectivity index (χ0n) is 13.1. The van der Waals surface area contributed by atoms with Crippen molar-refractivity contribution in [3.63, 3.8) is 0 Å². The van der Waals surface area contributed by atoms with Crippen molar-refractivity contribution in [1.82, 2.24) is 0 Å². The Labute approximate surface area is 136 Å². The monoisotopic (exact) mass is 364 g/mol. The van der Waals surface area contributed by atoms with Crippen LogP contribution in [0.1, 0.15) is 77.6 Å². The van der Waals surface area contributed by atoms with Gasteiger partial charge in [-0.3, -0.25) is 9.59 Å². The highest BCUT2D eigenvalue weighted by Gasteiger charge is 2.39. The van der Waals surface area contributed by atoms with Gasteiger partial charge in [0.05, 0.1) is 11.8 Å². The summed E-state index contributed by atoms with van der Waals surface area (Å²) in [7, 11) is 0. The second-order valence-electron chi connectivity index (χ2n) is 5.82. The van der Waals surface area contributed by atoms with Crippen LogP contribution in [0.15, 0.2) is 0 Å². The highest BCUT2D eigenvalue weighted by Crippen LogP contribution is 2.36. The molecule has 1 atom stereocenters. The van der Waals surface area contributed by atoms with E-state index in [1.54, 1.807) is 0 Å². The van der Waals surface area contributed by atoms with Gasteiger partial charge < -0.3 is 10.2 Å². The second kappa shape index (κ2) is 12.0. The molecule has 21 heavy (non-hydrogen) atoms. The summed E-state index contributed by atoms with van der Waals surface area (Å²) in [5.41, 5.74) is -1.08. The first-order valence-electron chi connectivity index (χ1n) is 7.99. The third-order valence-electron chi connectivity index (χ3n) is 3.99. The van der Waals surface area contributed by atoms with E-state index in [4.69, 9.17) is 5.11 Å². The smallest absolute Gasteiger partial charge is 0.310 e. The number of carboxylic acid groups (broad SMARTS) is 2. The zero-order valence-corrected chi connectivity index (χ0v) is 14.7. The molecule has 0 heterocycles. The fourth-order valence-corrected chi connectivity index (χ4v) is 3.08. The molecular weight excluding hydrogens is 336 g/mol. The van der Waals surface area contributed by atoms with Crippen LogP contribution in [-0.2, 0) is 9.59 Å². The van der Waals surface area contributed by atoms with E-state index in [2.05, 4.69) is 22.9 Å². The number of aliphatic carboxylic acids is 2. The van der Waals surface area contributed by atoms with E-state index in [9.17, 15) is 14.7 Å². The fourth-order valence-electron chi connectivity index (χ4n) is 2.68. The molecule has 0 aromatic carbocycles. The third-order valence-corrected chi connectivity index (χ3v) is 4.55. The van der Waals surface area contributed by atoms with Crippen LogP contribution in [0.4, 0.5) is 0 Å². The highest BCUT2D eigenvalue weighted by atomic mass is 79.9. The van der Waals surface area contributed by atoms with Crippen LogP contribution < -0.4 is 0 Å². The maximum atomic E-state index is 11.7. The van der Waals surface area contributed by atoms with Gasteiger partial charge >= 0.3 is 11.9 Å². The van der Waals surface area contributed by atoms with Crippen molar-refractivity contribution in [3.8, 4) is 0 Å². The minimum absolute atomic E-state index is 0.257. The molecular formula is C16H29BrO4. The van der Waals surface area contributed by atoms with Crippen LogP contribution in [0.2, 0.25) is 0 Å². The first-order valence-corrected chi connectivity index (χ1v) is 9.12. The lowest BCUT2D eigenvalue weighted by Crippen LogP contribution is -2.33. The van der Waals surface area contributed by atoms with Crippen molar-refractivity contribution < 1.29 is 19.8 Å². The van der Waals surface area contributed by atoms with Gasteiger partial charge in [-0.25, -0.2) is 0 Å². The first kappa shape index (κ1) is 20.4. The van der Waals surface area contributed by atoms with E-state index in [0.29, 0.717) is 12.8 Å². The molecule has 0 amide bonds. The average Bonchev–Trinajstić information content (AvgIpc) is 2.42. The number of unbranched alkanes of at least 4 members (excludes halogenated alkanes) is 6. The van der Waals surface area contributed by atoms with Gasteiger partial charge in [0.2, 0.25) is 0 Å². The van der Waals surface area contributed by atoms with Crippen molar-refractivity contribution in [2.75, 3.05) is 5.33 Å². The Morgan fingerprint density at radius 3 is 1.86 bits per heavy atom. The van der Waals surface area contributed by atoms with Gasteiger partial charge in [-0.05, 0) is 19.3 Å². The van der Waals surface area contributed by atoms with E-state index < -0.39 is 17.4 Å². The molecule has 0 saturated heterocycles. The number of hydrogen-bond acceptors (Lipinski definition) is 2. The molecule has 0 aliphatic heterocycles. The largest absolute Gasteiger partial charge is 0.481 e. The molecule has 0 rings (SSSR count). The average molecular weight is 365 g/mol. The van der Waals surface area contributed by atoms with Gasteiger partial charge in [0.25, 0.3) is 0 Å². The molecule has 5 heteroatoms. The molecule has 0 bridgehead atoms. The molecule has 2 N–H and O–H groups in total. The predicted molar refractivity (Wildman–Crippen MR) is 88.0 cm³/mol. The Morgan fingerprint density at radius 2 is 1.43 bits per heavy atom. The number of hydrogen-bond donors (Lipinski definition) is 2. The van der Waals surface area contributed by atoms with Crippen molar-refractivity contribution in [3.05, 3.63) is 0 Å². The summed E-state index contributed by atoms with van der Waals surface area (Å²) in [6, 6.07) is 0. The van der Waals surface area contributed by atoms with E-state index >= 15 is 0 Å². The maximum absolute atomic E-state index is 11.7. The van der Waals surface area contributed by atoms with Gasteiger partial charge in [0, 0.05) is 5.33 Å². The van der Waals surface area contributed by atoms with Crippen molar-refractivity contribution in [2.24, 2.45) is 5.41 Å². The SMILES string of the molecule is CCCCCCC(CCCCCCBr)(CC(=O)O)C(=O)O. The second-order valence-corrected chi connectivity index (χ2v) is 6.61. The van der Waals surface area contributed by atoms with Gasteiger partial charge in [0.1, 0.15) is 0 Å². The molecule has 124 valence electrons. The predicted octanol–water partition coefficient (Wildman–Crippen LogP) is 4.85. The molecule has 0 radical (unpaired) electrons. The lowest BCUT2D eigenvalue weighted by molar-refractivity contribution is -0.157. The molecule has 0 spiro atoms. The summed E-state index contributed by atoms with van der Waals surface area (Å²) in [5.74, 6) is -1.95. The van der Waals surface area contributed by atoms with Crippen molar-refractivity contribution >= 4 is 27.9 Å². The van der Waals surface area contributed by atoms with Crippen LogP contribution in [0, 0.1) is 5.41 Å². The Hall–Kier alpha value is -0.580. The standard InChI is InChI=1S/C16H29BrO4/c1-2-3-4-7-10-16(15(20)21,13-14(18)19)11-8-5-6-9-12-17/h2-13H2,1H3,(H,18,19)(H,20,21). The van der Waals surface area contributed by atoms with Crippen LogP contribution in [0.25, 0.3) is 0 Å². The Balaban J connectivity index is 4.53. The van der Waals surface area contributed by atoms with Crippen LogP contribution in [-0.4, -0.2) is 27.5 Å². The molecule has 0 aromatic heterocycles. The van der Waals surface area contributed by atoms with E-state index in [1.807, 2.05) is 0 Å². The Morgan fingerprint density at radius 1 is 0.905 bits per heavy atom. The van der Waals surface area contributed by atoms with Crippen molar-refractivity contribution in [2.45, 2.75) is 77.6 Å². The topological polar surface area (TPSA) is 74.6 Å². The molecule has 0 aliphatic rings. The lowest BCUT2D eigenvalue weighted by Gasteiger charge is -2.28. The van der Waals surface area contributed by atoms with E-state index in [1.165, 1.54) is 0 Å². The maximum Gasteiger partial charge on any atom is 0.310 e. The normalized spacial score (nSPS) is 13.8. The number of rotatable bonds is 14. The first-order chi connectivity index (χ1) is 9.98. The van der Waals surface area contributed by atoms with Crippen LogP contribution in [0.3, 0.4) is 0 Å². The van der Waals surface area contributed by atoms with Crippen molar-refractivity contribution in [1.29, 1.82) is 0 Å². The lowest BCUT2D eigenvalue weighted by atomic mass is 9.75. The van der Waals surface area contributed by atoms with Crippen LogP contribution >= 0.6 is 15.9 Å². The summed E-state index contributed by atoms with van der Waals surface area (Å²) >= 11 is 3.37. The molecule has 0 fully saturated rings. The summed E-state index contributed by atoms with van der Waals surface area (Å²) < 4.78 is 0. The van der Waals surface area contributed by atoms with Gasteiger partial charge in [-0.2, -0.15) is 0 Å². The summed E-state index contributed by atoms with van der Waals surface area (Å²) in [5, 5.41) is 19.6. The quantitative estimate of drug-likeness (QED) is 0.341. The number of carbonyl (C=O) groups is 2. The minimum atomic E-state index is -1.08. The Bertz CT molecular complexity index is 307. The number of halogens is 1. The molecule has 4 nitrogen and oxygen atoms in total. The van der Waals surface area contributed by atoms with E-state index in [-0.39, 0.29) is 6.42 Å².